The first-order valence-corrected chi connectivity index (χ1v) is 6.09. The van der Waals surface area contributed by atoms with Crippen LogP contribution in [0.3, 0.4) is 0 Å². The van der Waals surface area contributed by atoms with Crippen LogP contribution in [0.2, 0.25) is 0 Å². The molecule has 0 spiro atoms. The van der Waals surface area contributed by atoms with E-state index in [1.807, 2.05) is 44.2 Å². The Morgan fingerprint density at radius 2 is 2.00 bits per heavy atom. The molecule has 0 aliphatic carbocycles. The predicted octanol–water partition coefficient (Wildman–Crippen LogP) is 3.12. The zero-order chi connectivity index (χ0) is 12.3. The van der Waals surface area contributed by atoms with E-state index < -0.39 is 0 Å². The van der Waals surface area contributed by atoms with Gasteiger partial charge in [0.15, 0.2) is 5.69 Å². The van der Waals surface area contributed by atoms with Gasteiger partial charge in [-0.1, -0.05) is 30.3 Å². The van der Waals surface area contributed by atoms with Crippen LogP contribution in [0.15, 0.2) is 30.3 Å². The fourth-order valence-corrected chi connectivity index (χ4v) is 2.07. The van der Waals surface area contributed by atoms with Gasteiger partial charge < -0.3 is 4.74 Å². The monoisotopic (exact) mass is 247 g/mol. The average molecular weight is 247 g/mol. The highest BCUT2D eigenvalue weighted by molar-refractivity contribution is 7.06. The molecule has 1 aromatic carbocycles. The molecule has 1 heterocycles. The van der Waals surface area contributed by atoms with Crippen molar-refractivity contribution >= 4 is 17.5 Å². The number of aromatic nitrogens is 1. The van der Waals surface area contributed by atoms with Gasteiger partial charge in [-0.3, -0.25) is 0 Å². The van der Waals surface area contributed by atoms with Gasteiger partial charge in [0.1, 0.15) is 6.61 Å². The van der Waals surface area contributed by atoms with E-state index in [0.717, 1.165) is 16.0 Å². The van der Waals surface area contributed by atoms with Crippen molar-refractivity contribution in [2.45, 2.75) is 20.5 Å². The largest absolute Gasteiger partial charge is 0.456 e. The van der Waals surface area contributed by atoms with Gasteiger partial charge in [0.05, 0.1) is 0 Å². The second-order valence-corrected chi connectivity index (χ2v) is 4.75. The predicted molar refractivity (Wildman–Crippen MR) is 67.1 cm³/mol. The summed E-state index contributed by atoms with van der Waals surface area (Å²) in [5, 5.41) is 0. The number of carbonyl (C=O) groups is 1. The van der Waals surface area contributed by atoms with E-state index in [1.165, 1.54) is 11.5 Å². The summed E-state index contributed by atoms with van der Waals surface area (Å²) >= 11 is 1.33. The van der Waals surface area contributed by atoms with Crippen molar-refractivity contribution in [3.8, 4) is 0 Å². The van der Waals surface area contributed by atoms with Gasteiger partial charge in [0.25, 0.3) is 0 Å². The molecule has 0 saturated carbocycles. The third-order valence-corrected chi connectivity index (χ3v) is 3.42. The number of carbonyl (C=O) groups excluding carboxylic acids is 1. The van der Waals surface area contributed by atoms with Crippen LogP contribution in [0.1, 0.15) is 26.5 Å². The molecule has 1 aromatic heterocycles. The van der Waals surface area contributed by atoms with Crippen molar-refractivity contribution in [1.29, 1.82) is 0 Å². The lowest BCUT2D eigenvalue weighted by Gasteiger charge is -2.03. The summed E-state index contributed by atoms with van der Waals surface area (Å²) in [4.78, 5) is 12.8. The molecule has 0 saturated heterocycles. The van der Waals surface area contributed by atoms with Crippen LogP contribution in [-0.2, 0) is 11.3 Å². The van der Waals surface area contributed by atoms with E-state index in [1.54, 1.807) is 0 Å². The number of benzene rings is 1. The second-order valence-electron chi connectivity index (χ2n) is 3.77. The molecule has 0 bridgehead atoms. The number of hydrogen-bond acceptors (Lipinski definition) is 4. The summed E-state index contributed by atoms with van der Waals surface area (Å²) in [5.74, 6) is -0.351. The van der Waals surface area contributed by atoms with Crippen LogP contribution in [0.25, 0.3) is 0 Å². The van der Waals surface area contributed by atoms with Crippen LogP contribution >= 0.6 is 11.5 Å². The highest BCUT2D eigenvalue weighted by Crippen LogP contribution is 2.17. The molecule has 3 nitrogen and oxygen atoms in total. The minimum absolute atomic E-state index is 0.287. The standard InChI is InChI=1S/C13H13NO2S/c1-9-10(2)17-14-12(9)13(15)16-8-11-6-4-3-5-7-11/h3-7H,8H2,1-2H3. The quantitative estimate of drug-likeness (QED) is 0.782. The maximum Gasteiger partial charge on any atom is 0.358 e. The van der Waals surface area contributed by atoms with Crippen molar-refractivity contribution in [2.75, 3.05) is 0 Å². The average Bonchev–Trinajstić information content (AvgIpc) is 2.69. The first-order valence-electron chi connectivity index (χ1n) is 5.32. The molecule has 2 aromatic rings. The normalized spacial score (nSPS) is 10.2. The molecular weight excluding hydrogens is 234 g/mol. The van der Waals surface area contributed by atoms with Crippen molar-refractivity contribution in [2.24, 2.45) is 0 Å². The van der Waals surface area contributed by atoms with Gasteiger partial charge in [0.2, 0.25) is 0 Å². The molecule has 2 rings (SSSR count). The minimum atomic E-state index is -0.351. The highest BCUT2D eigenvalue weighted by atomic mass is 32.1. The van der Waals surface area contributed by atoms with Gasteiger partial charge >= 0.3 is 5.97 Å². The maximum atomic E-state index is 11.8. The van der Waals surface area contributed by atoms with E-state index in [0.29, 0.717) is 5.69 Å². The Morgan fingerprint density at radius 3 is 2.59 bits per heavy atom. The summed E-state index contributed by atoms with van der Waals surface area (Å²) in [6.45, 7) is 4.12. The van der Waals surface area contributed by atoms with Gasteiger partial charge in [-0.05, 0) is 36.5 Å². The Bertz CT molecular complexity index is 519. The van der Waals surface area contributed by atoms with Crippen LogP contribution in [0.5, 0.6) is 0 Å². The molecule has 17 heavy (non-hydrogen) atoms. The lowest BCUT2D eigenvalue weighted by atomic mass is 10.2. The summed E-state index contributed by atoms with van der Waals surface area (Å²) < 4.78 is 9.31. The fraction of sp³-hybridized carbons (Fsp3) is 0.231. The molecule has 0 aliphatic heterocycles. The third-order valence-electron chi connectivity index (χ3n) is 2.56. The lowest BCUT2D eigenvalue weighted by molar-refractivity contribution is 0.0466. The highest BCUT2D eigenvalue weighted by Gasteiger charge is 2.15. The van der Waals surface area contributed by atoms with E-state index in [-0.39, 0.29) is 12.6 Å². The maximum absolute atomic E-state index is 11.8. The molecule has 0 amide bonds. The van der Waals surface area contributed by atoms with Crippen molar-refractivity contribution in [3.63, 3.8) is 0 Å². The van der Waals surface area contributed by atoms with Gasteiger partial charge in [-0.15, -0.1) is 0 Å². The van der Waals surface area contributed by atoms with Gasteiger partial charge in [-0.25, -0.2) is 4.79 Å². The van der Waals surface area contributed by atoms with Crippen LogP contribution in [-0.4, -0.2) is 10.3 Å². The molecule has 0 fully saturated rings. The SMILES string of the molecule is Cc1snc(C(=O)OCc2ccccc2)c1C. The number of aryl methyl sites for hydroxylation is 1. The van der Waals surface area contributed by atoms with Crippen LogP contribution in [0, 0.1) is 13.8 Å². The van der Waals surface area contributed by atoms with Crippen molar-refractivity contribution in [1.82, 2.24) is 4.37 Å². The van der Waals surface area contributed by atoms with E-state index in [9.17, 15) is 4.79 Å². The molecule has 0 unspecified atom stereocenters. The van der Waals surface area contributed by atoms with E-state index in [4.69, 9.17) is 4.74 Å². The minimum Gasteiger partial charge on any atom is -0.456 e. The first-order chi connectivity index (χ1) is 8.18. The molecule has 0 atom stereocenters. The lowest BCUT2D eigenvalue weighted by Crippen LogP contribution is -2.07. The van der Waals surface area contributed by atoms with E-state index in [2.05, 4.69) is 4.37 Å². The third kappa shape index (κ3) is 2.71. The smallest absolute Gasteiger partial charge is 0.358 e. The molecule has 4 heteroatoms. The van der Waals surface area contributed by atoms with Crippen molar-refractivity contribution < 1.29 is 9.53 Å². The Morgan fingerprint density at radius 1 is 1.29 bits per heavy atom. The Hall–Kier alpha value is -1.68. The Balaban J connectivity index is 2.01. The van der Waals surface area contributed by atoms with E-state index >= 15 is 0 Å². The Kier molecular flexibility index (Phi) is 3.54. The first kappa shape index (κ1) is 11.8. The second kappa shape index (κ2) is 5.10. The zero-order valence-electron chi connectivity index (χ0n) is 9.77. The fourth-order valence-electron chi connectivity index (χ4n) is 1.40. The number of esters is 1. The molecule has 0 N–H and O–H groups in total. The number of ether oxygens (including phenoxy) is 1. The molecule has 88 valence electrons. The van der Waals surface area contributed by atoms with Crippen molar-refractivity contribution in [3.05, 3.63) is 52.0 Å². The summed E-state index contributed by atoms with van der Waals surface area (Å²) in [6.07, 6.45) is 0. The van der Waals surface area contributed by atoms with Crippen LogP contribution < -0.4 is 0 Å². The summed E-state index contributed by atoms with van der Waals surface area (Å²) in [5.41, 5.74) is 2.32. The number of rotatable bonds is 3. The van der Waals surface area contributed by atoms with Gasteiger partial charge in [-0.2, -0.15) is 4.37 Å². The Labute approximate surface area is 104 Å². The van der Waals surface area contributed by atoms with Gasteiger partial charge in [0, 0.05) is 4.88 Å². The summed E-state index contributed by atoms with van der Waals surface area (Å²) in [7, 11) is 0. The number of hydrogen-bond donors (Lipinski definition) is 0. The van der Waals surface area contributed by atoms with Crippen LogP contribution in [0.4, 0.5) is 0 Å². The zero-order valence-corrected chi connectivity index (χ0v) is 10.6. The summed E-state index contributed by atoms with van der Waals surface area (Å²) in [6, 6.07) is 9.61. The molecular formula is C13H13NO2S. The molecule has 0 aliphatic rings. The molecule has 0 radical (unpaired) electrons. The topological polar surface area (TPSA) is 39.2 Å². The number of nitrogens with zero attached hydrogens (tertiary/aromatic N) is 1.